The van der Waals surface area contributed by atoms with Crippen LogP contribution in [-0.2, 0) is 17.8 Å². The predicted molar refractivity (Wildman–Crippen MR) is 172 cm³/mol. The zero-order chi connectivity index (χ0) is 31.1. The number of carbonyl (C=O) groups is 1. The number of ether oxygens (including phenoxy) is 2. The zero-order valence-electron chi connectivity index (χ0n) is 23.5. The number of aromatic nitrogens is 1. The third kappa shape index (κ3) is 8.14. The summed E-state index contributed by atoms with van der Waals surface area (Å²) in [6.45, 7) is -0.489. The number of halogens is 2. The minimum atomic E-state index is -1.09. The molecule has 0 spiro atoms. The number of nitriles is 1. The molecule has 0 radical (unpaired) electrons. The van der Waals surface area contributed by atoms with Crippen LogP contribution in [0.2, 0.25) is 5.02 Å². The Hall–Kier alpha value is -3.53. The van der Waals surface area contributed by atoms with Gasteiger partial charge in [0.05, 0.1) is 28.4 Å². The van der Waals surface area contributed by atoms with Crippen molar-refractivity contribution in [2.75, 3.05) is 24.3 Å². The number of ketones is 1. The first-order valence-electron chi connectivity index (χ1n) is 13.8. The number of benzene rings is 3. The van der Waals surface area contributed by atoms with Crippen LogP contribution in [0, 0.1) is 17.1 Å². The van der Waals surface area contributed by atoms with Crippen molar-refractivity contribution in [2.45, 2.75) is 37.2 Å². The Labute approximate surface area is 266 Å². The molecule has 5 rings (SSSR count). The van der Waals surface area contributed by atoms with Crippen molar-refractivity contribution < 1.29 is 28.9 Å². The van der Waals surface area contributed by atoms with Gasteiger partial charge in [-0.25, -0.2) is 4.39 Å². The third-order valence-corrected chi connectivity index (χ3v) is 10.1. The van der Waals surface area contributed by atoms with Gasteiger partial charge >= 0.3 is 0 Å². The molecule has 0 aliphatic carbocycles. The number of nitrogens with zero attached hydrogens (tertiary/aromatic N) is 2. The van der Waals surface area contributed by atoms with E-state index in [0.717, 1.165) is 12.2 Å². The van der Waals surface area contributed by atoms with Crippen molar-refractivity contribution >= 4 is 61.2 Å². The van der Waals surface area contributed by atoms with E-state index in [2.05, 4.69) is 16.4 Å². The molecule has 2 atom stereocenters. The summed E-state index contributed by atoms with van der Waals surface area (Å²) in [7, 11) is 3.50. The van der Waals surface area contributed by atoms with E-state index < -0.39 is 12.7 Å². The number of pyridine rings is 1. The first-order valence-corrected chi connectivity index (χ1v) is 16.6. The van der Waals surface area contributed by atoms with Crippen LogP contribution in [0.4, 0.5) is 15.8 Å². The van der Waals surface area contributed by atoms with Gasteiger partial charge in [0.1, 0.15) is 48.5 Å². The molecule has 1 saturated heterocycles. The maximum atomic E-state index is 13.5. The van der Waals surface area contributed by atoms with Crippen LogP contribution in [0.5, 0.6) is 11.5 Å². The first kappa shape index (κ1) is 31.9. The molecule has 0 bridgehead atoms. The van der Waals surface area contributed by atoms with E-state index in [0.29, 0.717) is 56.3 Å². The number of Topliss-reactive ketones (excluding diaryl/α,β-unsaturated/α-hetero) is 1. The van der Waals surface area contributed by atoms with Gasteiger partial charge in [0.25, 0.3) is 0 Å². The molecule has 3 N–H and O–H groups in total. The smallest absolute Gasteiger partial charge is 0.138 e. The van der Waals surface area contributed by atoms with Gasteiger partial charge in [-0.05, 0) is 48.4 Å². The third-order valence-electron chi connectivity index (χ3n) is 6.87. The van der Waals surface area contributed by atoms with E-state index >= 15 is 0 Å². The van der Waals surface area contributed by atoms with E-state index in [1.54, 1.807) is 64.1 Å². The molecule has 4 aromatic rings. The largest absolute Gasteiger partial charge is 0.490 e. The Bertz CT molecular complexity index is 1700. The molecule has 1 fully saturated rings. The molecule has 44 heavy (non-hydrogen) atoms. The SMILES string of the molecule is N#Cc1cnc2cc(OC[C@@H](O)CO)c(CC(=O)C[C@H]3CCSS3)cc2c1Nc1ccc(OCc2cccc(F)c2)c(Cl)c1. The quantitative estimate of drug-likeness (QED) is 0.136. The fraction of sp³-hybridized carbons (Fsp3) is 0.281. The monoisotopic (exact) mass is 653 g/mol. The normalized spacial score (nSPS) is 15.1. The maximum absolute atomic E-state index is 13.5. The van der Waals surface area contributed by atoms with Gasteiger partial charge in [-0.15, -0.1) is 0 Å². The average Bonchev–Trinajstić information content (AvgIpc) is 3.52. The fourth-order valence-corrected chi connectivity index (χ4v) is 7.84. The van der Waals surface area contributed by atoms with E-state index in [4.69, 9.17) is 21.1 Å². The van der Waals surface area contributed by atoms with Gasteiger partial charge < -0.3 is 25.0 Å². The molecule has 1 aromatic heterocycles. The number of nitrogens with one attached hydrogen (secondary N) is 1. The van der Waals surface area contributed by atoms with Crippen molar-refractivity contribution in [1.29, 1.82) is 5.26 Å². The number of aliphatic hydroxyl groups excluding tert-OH is 2. The van der Waals surface area contributed by atoms with Crippen LogP contribution < -0.4 is 14.8 Å². The molecule has 1 aliphatic heterocycles. The van der Waals surface area contributed by atoms with E-state index in [1.165, 1.54) is 18.3 Å². The van der Waals surface area contributed by atoms with Crippen LogP contribution in [0.25, 0.3) is 10.9 Å². The van der Waals surface area contributed by atoms with E-state index in [-0.39, 0.29) is 42.0 Å². The second kappa shape index (κ2) is 15.0. The summed E-state index contributed by atoms with van der Waals surface area (Å²) in [5.74, 6) is 1.51. The average molecular weight is 654 g/mol. The number of rotatable bonds is 13. The Morgan fingerprint density at radius 1 is 1.20 bits per heavy atom. The highest BCUT2D eigenvalue weighted by Gasteiger charge is 2.22. The molecule has 1 aliphatic rings. The van der Waals surface area contributed by atoms with Crippen LogP contribution in [-0.4, -0.2) is 51.3 Å². The van der Waals surface area contributed by atoms with Crippen molar-refractivity contribution in [1.82, 2.24) is 4.98 Å². The highest BCUT2D eigenvalue weighted by atomic mass is 35.5. The summed E-state index contributed by atoms with van der Waals surface area (Å²) >= 11 is 6.52. The Morgan fingerprint density at radius 2 is 2.07 bits per heavy atom. The summed E-state index contributed by atoms with van der Waals surface area (Å²) in [6.07, 6.45) is 1.86. The number of aliphatic hydroxyl groups is 2. The summed E-state index contributed by atoms with van der Waals surface area (Å²) in [5, 5.41) is 33.5. The Morgan fingerprint density at radius 3 is 2.80 bits per heavy atom. The summed E-state index contributed by atoms with van der Waals surface area (Å²) in [4.78, 5) is 17.5. The number of fused-ring (bicyclic) bond motifs is 1. The van der Waals surface area contributed by atoms with Gasteiger partial charge in [-0.1, -0.05) is 45.3 Å². The lowest BCUT2D eigenvalue weighted by molar-refractivity contribution is -0.118. The van der Waals surface area contributed by atoms with E-state index in [1.807, 2.05) is 0 Å². The minimum absolute atomic E-state index is 0.0522. The van der Waals surface area contributed by atoms with Crippen molar-refractivity contribution in [3.63, 3.8) is 0 Å². The van der Waals surface area contributed by atoms with Gasteiger partial charge in [-0.2, -0.15) is 5.26 Å². The molecule has 0 amide bonds. The molecule has 3 aromatic carbocycles. The zero-order valence-corrected chi connectivity index (χ0v) is 25.9. The molecule has 8 nitrogen and oxygen atoms in total. The molecule has 228 valence electrons. The number of hydrogen-bond donors (Lipinski definition) is 3. The second-order valence-electron chi connectivity index (χ2n) is 10.2. The second-order valence-corrected chi connectivity index (χ2v) is 13.4. The number of anilines is 2. The first-order chi connectivity index (χ1) is 21.3. The van der Waals surface area contributed by atoms with Crippen LogP contribution >= 0.6 is 33.2 Å². The molecule has 12 heteroatoms. The van der Waals surface area contributed by atoms with Crippen LogP contribution in [0.1, 0.15) is 29.5 Å². The summed E-state index contributed by atoms with van der Waals surface area (Å²) in [5.41, 5.74) is 3.08. The van der Waals surface area contributed by atoms with Gasteiger partial charge in [0, 0.05) is 52.7 Å². The lowest BCUT2D eigenvalue weighted by atomic mass is 10.00. The van der Waals surface area contributed by atoms with Gasteiger partial charge in [0.2, 0.25) is 0 Å². The van der Waals surface area contributed by atoms with Crippen molar-refractivity contribution in [3.05, 3.63) is 88.3 Å². The topological polar surface area (TPSA) is 125 Å². The van der Waals surface area contributed by atoms with Crippen molar-refractivity contribution in [3.8, 4) is 17.6 Å². The highest BCUT2D eigenvalue weighted by molar-refractivity contribution is 8.77. The lowest BCUT2D eigenvalue weighted by Gasteiger charge is -2.18. The summed E-state index contributed by atoms with van der Waals surface area (Å²) in [6, 6.07) is 16.8. The standard InChI is InChI=1S/C32H29ClFN3O5S2/c33-28-11-23(4-5-30(28)41-17-19-2-1-3-22(34)8-19)37-32-21(14-35)15-36-29-13-31(42-18-25(40)16-38)20(10-27(29)32)9-24(39)12-26-6-7-43-44-26/h1-5,8,10-11,13,15,25-26,38,40H,6-7,9,12,16-18H2,(H,36,37)/t25-,26+/m0/s1. The van der Waals surface area contributed by atoms with Crippen LogP contribution in [0.15, 0.2) is 60.8 Å². The number of carbonyl (C=O) groups excluding carboxylic acids is 1. The van der Waals surface area contributed by atoms with Crippen LogP contribution in [0.3, 0.4) is 0 Å². The Balaban J connectivity index is 1.43. The molecular weight excluding hydrogens is 625 g/mol. The minimum Gasteiger partial charge on any atom is -0.490 e. The maximum Gasteiger partial charge on any atom is 0.138 e. The molecule has 0 unspecified atom stereocenters. The van der Waals surface area contributed by atoms with Gasteiger partial charge in [-0.3, -0.25) is 9.78 Å². The lowest BCUT2D eigenvalue weighted by Crippen LogP contribution is -2.22. The highest BCUT2D eigenvalue weighted by Crippen LogP contribution is 2.40. The van der Waals surface area contributed by atoms with E-state index in [9.17, 15) is 24.7 Å². The molecule has 2 heterocycles. The summed E-state index contributed by atoms with van der Waals surface area (Å²) < 4.78 is 25.1. The fourth-order valence-electron chi connectivity index (χ4n) is 4.67. The molecule has 0 saturated carbocycles. The predicted octanol–water partition coefficient (Wildman–Crippen LogP) is 6.61. The Kier molecular flexibility index (Phi) is 10.8. The van der Waals surface area contributed by atoms with Crippen molar-refractivity contribution in [2.24, 2.45) is 0 Å². The number of hydrogen-bond acceptors (Lipinski definition) is 10. The molecular formula is C32H29ClFN3O5S2. The van der Waals surface area contributed by atoms with Gasteiger partial charge in [0.15, 0.2) is 0 Å².